The van der Waals surface area contributed by atoms with Crippen LogP contribution in [0.4, 0.5) is 13.2 Å². The zero-order valence-corrected chi connectivity index (χ0v) is 23.0. The van der Waals surface area contributed by atoms with Gasteiger partial charge in [-0.25, -0.2) is 0 Å². The Balaban J connectivity index is 1.93. The fourth-order valence-electron chi connectivity index (χ4n) is 5.47. The minimum Gasteiger partial charge on any atom is -0.494 e. The first-order chi connectivity index (χ1) is 16.8. The number of aliphatic hydroxyl groups is 1. The second-order valence-electron chi connectivity index (χ2n) is 11.9. The number of nitriles is 1. The van der Waals surface area contributed by atoms with Crippen LogP contribution in [0.1, 0.15) is 69.7 Å². The van der Waals surface area contributed by atoms with E-state index in [1.807, 2.05) is 0 Å². The molecule has 0 unspecified atom stereocenters. The van der Waals surface area contributed by atoms with Crippen molar-refractivity contribution in [3.63, 3.8) is 0 Å². The van der Waals surface area contributed by atoms with E-state index in [-0.39, 0.29) is 28.3 Å². The molecule has 2 bridgehead atoms. The topological polar surface area (TPSA) is 108 Å². The number of aromatic nitrogens is 1. The Labute approximate surface area is 215 Å². The number of hydrogen-bond donors (Lipinski definition) is 3. The maximum atomic E-state index is 13.7. The molecular formula is C26H33F3N2O5Si. The van der Waals surface area contributed by atoms with Gasteiger partial charge in [0.25, 0.3) is 0 Å². The van der Waals surface area contributed by atoms with Crippen molar-refractivity contribution < 1.29 is 37.7 Å². The molecule has 1 saturated heterocycles. The Kier molecular flexibility index (Phi) is 6.12. The molecule has 0 amide bonds. The number of alkyl halides is 3. The molecule has 0 saturated carbocycles. The third-order valence-corrected chi connectivity index (χ3v) is 12.6. The van der Waals surface area contributed by atoms with E-state index in [0.29, 0.717) is 6.42 Å². The van der Waals surface area contributed by atoms with Crippen LogP contribution in [0.25, 0.3) is 5.69 Å². The maximum absolute atomic E-state index is 13.7. The molecule has 2 aliphatic rings. The summed E-state index contributed by atoms with van der Waals surface area (Å²) in [6.07, 6.45) is -5.86. The second kappa shape index (κ2) is 8.24. The predicted molar refractivity (Wildman–Crippen MR) is 132 cm³/mol. The van der Waals surface area contributed by atoms with E-state index >= 15 is 0 Å². The van der Waals surface area contributed by atoms with Crippen LogP contribution in [-0.2, 0) is 26.5 Å². The SMILES string of the molecule is C[C@H](O)C[C@]12O[C@](C)(C[C@@H]1O[Si](C)(C)C(C)(C)C)c1c2c(O)n(-c2ccc(C#N)c(C(F)(F)F)c2)c1O. The van der Waals surface area contributed by atoms with E-state index in [1.54, 1.807) is 13.8 Å². The Hall–Kier alpha value is -2.52. The van der Waals surface area contributed by atoms with Gasteiger partial charge in [0.15, 0.2) is 8.32 Å². The lowest BCUT2D eigenvalue weighted by atomic mass is 9.75. The van der Waals surface area contributed by atoms with Crippen LogP contribution in [0, 0.1) is 11.3 Å². The number of hydrogen-bond acceptors (Lipinski definition) is 6. The van der Waals surface area contributed by atoms with Crippen molar-refractivity contribution in [1.82, 2.24) is 4.57 Å². The van der Waals surface area contributed by atoms with Gasteiger partial charge in [0.1, 0.15) is 5.60 Å². The molecule has 0 radical (unpaired) electrons. The van der Waals surface area contributed by atoms with E-state index in [9.17, 15) is 28.5 Å². The van der Waals surface area contributed by atoms with Crippen molar-refractivity contribution in [2.45, 2.75) is 95.2 Å². The van der Waals surface area contributed by atoms with Crippen LogP contribution >= 0.6 is 0 Å². The first-order valence-corrected chi connectivity index (χ1v) is 15.1. The molecule has 3 N–H and O–H groups in total. The number of benzene rings is 1. The Morgan fingerprint density at radius 3 is 2.32 bits per heavy atom. The summed E-state index contributed by atoms with van der Waals surface area (Å²) < 4.78 is 55.1. The Bertz CT molecular complexity index is 1290. The van der Waals surface area contributed by atoms with Crippen LogP contribution in [0.5, 0.6) is 11.8 Å². The molecule has 0 spiro atoms. The molecule has 4 rings (SSSR count). The summed E-state index contributed by atoms with van der Waals surface area (Å²) in [5, 5.41) is 42.2. The van der Waals surface area contributed by atoms with Crippen molar-refractivity contribution in [1.29, 1.82) is 5.26 Å². The van der Waals surface area contributed by atoms with Gasteiger partial charge < -0.3 is 24.5 Å². The first-order valence-electron chi connectivity index (χ1n) is 12.1. The molecular weight excluding hydrogens is 505 g/mol. The lowest BCUT2D eigenvalue weighted by molar-refractivity contribution is -0.137. The first kappa shape index (κ1) is 27.5. The summed E-state index contributed by atoms with van der Waals surface area (Å²) in [5.74, 6) is -0.940. The monoisotopic (exact) mass is 538 g/mol. The second-order valence-corrected chi connectivity index (χ2v) is 16.7. The summed E-state index contributed by atoms with van der Waals surface area (Å²) >= 11 is 0. The largest absolute Gasteiger partial charge is 0.494 e. The van der Waals surface area contributed by atoms with Crippen LogP contribution < -0.4 is 0 Å². The molecule has 4 atom stereocenters. The molecule has 2 aromatic rings. The summed E-state index contributed by atoms with van der Waals surface area (Å²) in [6.45, 7) is 13.7. The molecule has 1 aromatic carbocycles. The fourth-order valence-corrected chi connectivity index (χ4v) is 6.81. The van der Waals surface area contributed by atoms with Crippen LogP contribution in [0.15, 0.2) is 18.2 Å². The lowest BCUT2D eigenvalue weighted by Crippen LogP contribution is -2.50. The van der Waals surface area contributed by atoms with Crippen LogP contribution in [0.2, 0.25) is 18.1 Å². The Morgan fingerprint density at radius 2 is 1.81 bits per heavy atom. The van der Waals surface area contributed by atoms with Gasteiger partial charge in [0.2, 0.25) is 11.8 Å². The summed E-state index contributed by atoms with van der Waals surface area (Å²) in [6, 6.07) is 4.50. The van der Waals surface area contributed by atoms with E-state index < -0.39 is 60.8 Å². The lowest BCUT2D eigenvalue weighted by Gasteiger charge is -2.43. The normalized spacial score (nSPS) is 26.3. The highest BCUT2D eigenvalue weighted by molar-refractivity contribution is 6.74. The molecule has 11 heteroatoms. The number of rotatable bonds is 5. The van der Waals surface area contributed by atoms with E-state index in [0.717, 1.165) is 16.7 Å². The number of aliphatic hydroxyl groups excluding tert-OH is 1. The molecule has 2 aliphatic heterocycles. The summed E-state index contributed by atoms with van der Waals surface area (Å²) in [4.78, 5) is 0. The van der Waals surface area contributed by atoms with Crippen molar-refractivity contribution in [2.75, 3.05) is 0 Å². The third-order valence-electron chi connectivity index (χ3n) is 8.10. The molecule has 1 aromatic heterocycles. The predicted octanol–water partition coefficient (Wildman–Crippen LogP) is 5.78. The molecule has 202 valence electrons. The average molecular weight is 539 g/mol. The number of aromatic hydroxyl groups is 2. The van der Waals surface area contributed by atoms with Gasteiger partial charge in [-0.05, 0) is 50.2 Å². The zero-order chi connectivity index (χ0) is 27.9. The van der Waals surface area contributed by atoms with Crippen molar-refractivity contribution >= 4 is 8.32 Å². The summed E-state index contributed by atoms with van der Waals surface area (Å²) in [5.41, 5.74) is -3.86. The fraction of sp³-hybridized carbons (Fsp3) is 0.577. The molecule has 37 heavy (non-hydrogen) atoms. The quantitative estimate of drug-likeness (QED) is 0.416. The van der Waals surface area contributed by atoms with Gasteiger partial charge in [-0.3, -0.25) is 4.57 Å². The third kappa shape index (κ3) is 4.05. The average Bonchev–Trinajstić information content (AvgIpc) is 3.27. The molecule has 7 nitrogen and oxygen atoms in total. The van der Waals surface area contributed by atoms with Crippen molar-refractivity contribution in [3.8, 4) is 23.5 Å². The van der Waals surface area contributed by atoms with E-state index in [4.69, 9.17) is 14.4 Å². The van der Waals surface area contributed by atoms with E-state index in [1.165, 1.54) is 12.1 Å². The smallest absolute Gasteiger partial charge is 0.417 e. The minimum atomic E-state index is -4.81. The maximum Gasteiger partial charge on any atom is 0.417 e. The van der Waals surface area contributed by atoms with Crippen LogP contribution in [-0.4, -0.2) is 40.4 Å². The standard InChI is InChI=1S/C26H33F3N2O5Si/c1-14(32)11-25-18(35-37(6,7)23(2,3)4)12-24(5,36-25)19-20(25)22(34)31(21(19)33)16-9-8-15(13-30)17(10-16)26(27,28)29/h8-10,14,18,32-34H,11-12H2,1-7H3/t14-,18-,24+,25-/m0/s1. The number of ether oxygens (including phenoxy) is 1. The summed E-state index contributed by atoms with van der Waals surface area (Å²) in [7, 11) is -2.35. The van der Waals surface area contributed by atoms with Gasteiger partial charge in [0, 0.05) is 12.8 Å². The molecule has 0 aliphatic carbocycles. The van der Waals surface area contributed by atoms with E-state index in [2.05, 4.69) is 33.9 Å². The van der Waals surface area contributed by atoms with Crippen LogP contribution in [0.3, 0.4) is 0 Å². The number of nitrogens with zero attached hydrogens (tertiary/aromatic N) is 2. The van der Waals surface area contributed by atoms with Crippen molar-refractivity contribution in [3.05, 3.63) is 40.5 Å². The van der Waals surface area contributed by atoms with Gasteiger partial charge in [-0.15, -0.1) is 0 Å². The molecule has 1 fully saturated rings. The molecule has 3 heterocycles. The highest BCUT2D eigenvalue weighted by Crippen LogP contribution is 2.67. The van der Waals surface area contributed by atoms with Gasteiger partial charge in [0.05, 0.1) is 51.8 Å². The number of fused-ring (bicyclic) bond motifs is 5. The number of halogens is 3. The Morgan fingerprint density at radius 1 is 1.22 bits per heavy atom. The minimum absolute atomic E-state index is 0.0487. The van der Waals surface area contributed by atoms with Gasteiger partial charge >= 0.3 is 6.18 Å². The highest BCUT2D eigenvalue weighted by Gasteiger charge is 2.68. The highest BCUT2D eigenvalue weighted by atomic mass is 28.4. The van der Waals surface area contributed by atoms with Gasteiger partial charge in [-0.1, -0.05) is 20.8 Å². The zero-order valence-electron chi connectivity index (χ0n) is 22.0. The van der Waals surface area contributed by atoms with Gasteiger partial charge in [-0.2, -0.15) is 18.4 Å². The van der Waals surface area contributed by atoms with Crippen molar-refractivity contribution in [2.24, 2.45) is 0 Å².